The summed E-state index contributed by atoms with van der Waals surface area (Å²) in [7, 11) is 0. The molecule has 0 amide bonds. The van der Waals surface area contributed by atoms with E-state index in [2.05, 4.69) is 21.2 Å². The van der Waals surface area contributed by atoms with Crippen molar-refractivity contribution in [2.45, 2.75) is 12.0 Å². The zero-order valence-electron chi connectivity index (χ0n) is 8.44. The summed E-state index contributed by atoms with van der Waals surface area (Å²) in [5.41, 5.74) is 0.0640. The molecule has 1 aromatic rings. The third kappa shape index (κ3) is 2.23. The van der Waals surface area contributed by atoms with Gasteiger partial charge in [0.1, 0.15) is 0 Å². The largest absolute Gasteiger partial charge is 0.387 e. The lowest BCUT2D eigenvalue weighted by molar-refractivity contribution is -0.385. The molecule has 16 heavy (non-hydrogen) atoms. The number of nitro benzene ring substituents is 1. The highest BCUT2D eigenvalue weighted by Crippen LogP contribution is 2.27. The predicted molar refractivity (Wildman–Crippen MR) is 62.3 cm³/mol. The Hall–Kier alpha value is -0.980. The molecule has 0 radical (unpaired) electrons. The molecular formula is C10H11BrN2O3. The summed E-state index contributed by atoms with van der Waals surface area (Å²) in [5, 5.41) is 23.6. The summed E-state index contributed by atoms with van der Waals surface area (Å²) >= 11 is 3.13. The van der Waals surface area contributed by atoms with E-state index in [-0.39, 0.29) is 5.69 Å². The van der Waals surface area contributed by atoms with Gasteiger partial charge in [-0.25, -0.2) is 0 Å². The van der Waals surface area contributed by atoms with Crippen LogP contribution in [0.5, 0.6) is 0 Å². The van der Waals surface area contributed by atoms with Crippen molar-refractivity contribution < 1.29 is 10.0 Å². The van der Waals surface area contributed by atoms with Crippen LogP contribution in [-0.2, 0) is 6.42 Å². The lowest BCUT2D eigenvalue weighted by atomic mass is 9.89. The highest BCUT2D eigenvalue weighted by Gasteiger charge is 2.34. The fourth-order valence-corrected chi connectivity index (χ4v) is 2.12. The summed E-state index contributed by atoms with van der Waals surface area (Å²) in [6.45, 7) is 1.08. The number of aliphatic hydroxyl groups is 1. The molecule has 1 heterocycles. The van der Waals surface area contributed by atoms with E-state index >= 15 is 0 Å². The quantitative estimate of drug-likeness (QED) is 0.647. The molecule has 1 aromatic carbocycles. The first kappa shape index (κ1) is 11.5. The van der Waals surface area contributed by atoms with Crippen LogP contribution in [0.1, 0.15) is 5.56 Å². The van der Waals surface area contributed by atoms with Gasteiger partial charge in [0.2, 0.25) is 0 Å². The summed E-state index contributed by atoms with van der Waals surface area (Å²) in [4.78, 5) is 10.3. The molecule has 1 fully saturated rings. The Morgan fingerprint density at radius 1 is 1.56 bits per heavy atom. The van der Waals surface area contributed by atoms with Crippen molar-refractivity contribution in [2.75, 3.05) is 13.1 Å². The number of halogens is 1. The van der Waals surface area contributed by atoms with Gasteiger partial charge >= 0.3 is 0 Å². The van der Waals surface area contributed by atoms with Crippen molar-refractivity contribution in [3.05, 3.63) is 38.3 Å². The van der Waals surface area contributed by atoms with Crippen molar-refractivity contribution in [3.8, 4) is 0 Å². The molecule has 1 aliphatic heterocycles. The molecule has 2 rings (SSSR count). The third-order valence-corrected chi connectivity index (χ3v) is 3.32. The first-order valence-corrected chi connectivity index (χ1v) is 5.65. The maximum absolute atomic E-state index is 10.7. The molecule has 0 atom stereocenters. The van der Waals surface area contributed by atoms with Crippen molar-refractivity contribution in [1.82, 2.24) is 5.32 Å². The van der Waals surface area contributed by atoms with Crippen molar-refractivity contribution in [1.29, 1.82) is 0 Å². The number of nitrogens with zero attached hydrogens (tertiary/aromatic N) is 1. The zero-order chi connectivity index (χ0) is 11.8. The number of benzene rings is 1. The minimum absolute atomic E-state index is 0.0355. The Bertz CT molecular complexity index is 432. The second-order valence-corrected chi connectivity index (χ2v) is 4.90. The van der Waals surface area contributed by atoms with Crippen molar-refractivity contribution in [2.24, 2.45) is 0 Å². The van der Waals surface area contributed by atoms with E-state index in [0.717, 1.165) is 5.56 Å². The molecule has 5 nitrogen and oxygen atoms in total. The Kier molecular flexibility index (Phi) is 2.96. The second kappa shape index (κ2) is 4.12. The van der Waals surface area contributed by atoms with Crippen LogP contribution in [0.2, 0.25) is 0 Å². The van der Waals surface area contributed by atoms with Crippen LogP contribution in [-0.4, -0.2) is 28.7 Å². The normalized spacial score (nSPS) is 17.9. The zero-order valence-corrected chi connectivity index (χ0v) is 10.0. The van der Waals surface area contributed by atoms with Crippen LogP contribution >= 0.6 is 15.9 Å². The summed E-state index contributed by atoms with van der Waals surface area (Å²) in [6, 6.07) is 4.93. The maximum Gasteiger partial charge on any atom is 0.283 e. The summed E-state index contributed by atoms with van der Waals surface area (Å²) in [6.07, 6.45) is 0.439. The van der Waals surface area contributed by atoms with Crippen LogP contribution in [0.3, 0.4) is 0 Å². The van der Waals surface area contributed by atoms with Gasteiger partial charge in [-0.1, -0.05) is 6.07 Å². The molecule has 6 heteroatoms. The first-order valence-electron chi connectivity index (χ1n) is 4.86. The topological polar surface area (TPSA) is 75.4 Å². The molecule has 86 valence electrons. The fourth-order valence-electron chi connectivity index (χ4n) is 1.73. The van der Waals surface area contributed by atoms with Gasteiger partial charge in [-0.2, -0.15) is 0 Å². The number of hydrogen-bond donors (Lipinski definition) is 2. The number of rotatable bonds is 3. The van der Waals surface area contributed by atoms with Crippen LogP contribution in [0, 0.1) is 10.1 Å². The number of β-amino-alcohol motifs (C(OH)–C–C–N with tert-alkyl or cyclic N) is 1. The third-order valence-electron chi connectivity index (χ3n) is 2.65. The Morgan fingerprint density at radius 2 is 2.25 bits per heavy atom. The highest BCUT2D eigenvalue weighted by molar-refractivity contribution is 9.10. The van der Waals surface area contributed by atoms with Gasteiger partial charge < -0.3 is 10.4 Å². The Labute approximate surface area is 101 Å². The molecule has 0 spiro atoms. The highest BCUT2D eigenvalue weighted by atomic mass is 79.9. The van der Waals surface area contributed by atoms with Gasteiger partial charge in [0.05, 0.1) is 15.0 Å². The molecule has 0 bridgehead atoms. The van der Waals surface area contributed by atoms with Crippen LogP contribution in [0.4, 0.5) is 5.69 Å². The van der Waals surface area contributed by atoms with E-state index in [1.807, 2.05) is 0 Å². The SMILES string of the molecule is O=[N+]([O-])c1cc(CC2(O)CNC2)ccc1Br. The standard InChI is InChI=1S/C10H11BrN2O3/c11-8-2-1-7(3-9(8)13(15)16)4-10(14)5-12-6-10/h1-3,12,14H,4-6H2. The second-order valence-electron chi connectivity index (χ2n) is 4.05. The van der Waals surface area contributed by atoms with Crippen LogP contribution < -0.4 is 5.32 Å². The fraction of sp³-hybridized carbons (Fsp3) is 0.400. The van der Waals surface area contributed by atoms with E-state index in [9.17, 15) is 15.2 Å². The van der Waals surface area contributed by atoms with Gasteiger partial charge in [0, 0.05) is 25.6 Å². The van der Waals surface area contributed by atoms with Gasteiger partial charge in [-0.15, -0.1) is 0 Å². The average Bonchev–Trinajstić information content (AvgIpc) is 2.18. The molecule has 0 saturated carbocycles. The molecule has 2 N–H and O–H groups in total. The van der Waals surface area contributed by atoms with Crippen molar-refractivity contribution >= 4 is 21.6 Å². The number of hydrogen-bond acceptors (Lipinski definition) is 4. The van der Waals surface area contributed by atoms with E-state index in [4.69, 9.17) is 0 Å². The molecule has 0 unspecified atom stereocenters. The molecule has 0 aromatic heterocycles. The van der Waals surface area contributed by atoms with E-state index in [1.54, 1.807) is 12.1 Å². The van der Waals surface area contributed by atoms with Crippen LogP contribution in [0.25, 0.3) is 0 Å². The van der Waals surface area contributed by atoms with Crippen LogP contribution in [0.15, 0.2) is 22.7 Å². The smallest absolute Gasteiger partial charge is 0.283 e. The van der Waals surface area contributed by atoms with Gasteiger partial charge in [-0.05, 0) is 27.6 Å². The van der Waals surface area contributed by atoms with Gasteiger partial charge in [0.25, 0.3) is 5.69 Å². The number of nitrogens with one attached hydrogen (secondary N) is 1. The van der Waals surface area contributed by atoms with Crippen molar-refractivity contribution in [3.63, 3.8) is 0 Å². The predicted octanol–water partition coefficient (Wildman–Crippen LogP) is 1.23. The maximum atomic E-state index is 10.7. The number of nitro groups is 1. The summed E-state index contributed by atoms with van der Waals surface area (Å²) < 4.78 is 0.458. The van der Waals surface area contributed by atoms with E-state index < -0.39 is 10.5 Å². The molecule has 1 saturated heterocycles. The molecule has 1 aliphatic rings. The Morgan fingerprint density at radius 3 is 2.75 bits per heavy atom. The lowest BCUT2D eigenvalue weighted by Gasteiger charge is -2.37. The van der Waals surface area contributed by atoms with Gasteiger partial charge in [0.15, 0.2) is 0 Å². The summed E-state index contributed by atoms with van der Waals surface area (Å²) in [5.74, 6) is 0. The lowest BCUT2D eigenvalue weighted by Crippen LogP contribution is -2.60. The van der Waals surface area contributed by atoms with E-state index in [0.29, 0.717) is 24.0 Å². The minimum atomic E-state index is -0.748. The Balaban J connectivity index is 2.22. The van der Waals surface area contributed by atoms with Gasteiger partial charge in [-0.3, -0.25) is 10.1 Å². The molecule has 0 aliphatic carbocycles. The average molecular weight is 287 g/mol. The minimum Gasteiger partial charge on any atom is -0.387 e. The molecular weight excluding hydrogens is 276 g/mol. The van der Waals surface area contributed by atoms with E-state index in [1.165, 1.54) is 6.07 Å². The monoisotopic (exact) mass is 286 g/mol. The first-order chi connectivity index (χ1) is 7.50.